The van der Waals surface area contributed by atoms with Gasteiger partial charge in [-0.25, -0.2) is 13.6 Å². The maximum Gasteiger partial charge on any atom is 0.315 e. The number of nitrogens with one attached hydrogen (secondary N) is 3. The van der Waals surface area contributed by atoms with Crippen molar-refractivity contribution in [2.24, 2.45) is 0 Å². The van der Waals surface area contributed by atoms with Crippen LogP contribution in [0.15, 0.2) is 30.3 Å². The predicted molar refractivity (Wildman–Crippen MR) is 102 cm³/mol. The van der Waals surface area contributed by atoms with Crippen LogP contribution >= 0.6 is 11.6 Å². The van der Waals surface area contributed by atoms with Crippen molar-refractivity contribution in [1.82, 2.24) is 10.6 Å². The molecule has 2 aliphatic rings. The molecule has 0 heterocycles. The number of fused-ring (bicyclic) bond motifs is 1. The van der Waals surface area contributed by atoms with Crippen LogP contribution < -0.4 is 16.0 Å². The van der Waals surface area contributed by atoms with Crippen molar-refractivity contribution in [2.75, 3.05) is 5.32 Å². The Morgan fingerprint density at radius 3 is 2.46 bits per heavy atom. The van der Waals surface area contributed by atoms with E-state index in [2.05, 4.69) is 16.0 Å². The molecule has 2 aromatic rings. The van der Waals surface area contributed by atoms with Gasteiger partial charge in [-0.15, -0.1) is 0 Å². The van der Waals surface area contributed by atoms with Crippen LogP contribution in [-0.4, -0.2) is 18.0 Å². The van der Waals surface area contributed by atoms with Crippen molar-refractivity contribution in [2.45, 2.75) is 37.8 Å². The molecule has 1 atom stereocenters. The van der Waals surface area contributed by atoms with Crippen LogP contribution in [0.1, 0.15) is 46.8 Å². The van der Waals surface area contributed by atoms with Crippen molar-refractivity contribution in [1.29, 1.82) is 0 Å². The molecular weight excluding hydrogens is 388 g/mol. The Morgan fingerprint density at radius 1 is 1.00 bits per heavy atom. The third-order valence-electron chi connectivity index (χ3n) is 4.98. The number of rotatable bonds is 4. The largest absolute Gasteiger partial charge is 0.335 e. The monoisotopic (exact) mass is 405 g/mol. The molecule has 28 heavy (non-hydrogen) atoms. The van der Waals surface area contributed by atoms with E-state index in [-0.39, 0.29) is 17.1 Å². The number of urea groups is 1. The Balaban J connectivity index is 1.54. The minimum absolute atomic E-state index is 0.104. The molecule has 4 rings (SSSR count). The fourth-order valence-electron chi connectivity index (χ4n) is 3.46. The first-order valence-corrected chi connectivity index (χ1v) is 9.45. The van der Waals surface area contributed by atoms with Crippen molar-refractivity contribution in [3.05, 3.63) is 63.7 Å². The summed E-state index contributed by atoms with van der Waals surface area (Å²) in [5.41, 5.74) is 1.58. The van der Waals surface area contributed by atoms with E-state index in [0.717, 1.165) is 18.9 Å². The number of halogens is 3. The quantitative estimate of drug-likeness (QED) is 0.709. The lowest BCUT2D eigenvalue weighted by Gasteiger charge is -2.16. The first-order chi connectivity index (χ1) is 13.4. The zero-order valence-electron chi connectivity index (χ0n) is 14.8. The number of carbonyl (C=O) groups excluding carboxylic acids is 2. The molecule has 0 bridgehead atoms. The number of hydrogen-bond donors (Lipinski definition) is 3. The van der Waals surface area contributed by atoms with E-state index in [4.69, 9.17) is 11.6 Å². The summed E-state index contributed by atoms with van der Waals surface area (Å²) in [5.74, 6) is -1.48. The molecule has 3 N–H and O–H groups in total. The second kappa shape index (κ2) is 7.39. The fraction of sp³-hybridized carbons (Fsp3) is 0.300. The topological polar surface area (TPSA) is 70.2 Å². The van der Waals surface area contributed by atoms with Gasteiger partial charge in [0.1, 0.15) is 11.6 Å². The summed E-state index contributed by atoms with van der Waals surface area (Å²) >= 11 is 5.74. The molecule has 0 aliphatic heterocycles. The van der Waals surface area contributed by atoms with E-state index >= 15 is 0 Å². The molecule has 0 unspecified atom stereocenters. The number of carbonyl (C=O) groups is 2. The second-order valence-electron chi connectivity index (χ2n) is 7.05. The van der Waals surface area contributed by atoms with Crippen molar-refractivity contribution < 1.29 is 18.4 Å². The minimum atomic E-state index is -0.583. The van der Waals surface area contributed by atoms with Gasteiger partial charge in [-0.2, -0.15) is 0 Å². The van der Waals surface area contributed by atoms with Gasteiger partial charge >= 0.3 is 6.03 Å². The van der Waals surface area contributed by atoms with Gasteiger partial charge in [-0.05, 0) is 61.6 Å². The predicted octanol–water partition coefficient (Wildman–Crippen LogP) is 4.32. The van der Waals surface area contributed by atoms with E-state index in [1.165, 1.54) is 24.3 Å². The van der Waals surface area contributed by atoms with Gasteiger partial charge in [0.05, 0.1) is 11.1 Å². The molecule has 1 fully saturated rings. The first kappa shape index (κ1) is 18.7. The van der Waals surface area contributed by atoms with Crippen LogP contribution in [-0.2, 0) is 6.42 Å². The standard InChI is InChI=1S/C20H18ClF2N3O2/c21-14-9-11(3-6-15(14)22)24-19(27)13-4-7-16(23)18-12(13)5-8-17(18)26-20(28)25-10-1-2-10/h3-4,6-7,9-10,17H,1-2,5,8H2,(H,24,27)(H2,25,26,28)/t17-/m0/s1. The summed E-state index contributed by atoms with van der Waals surface area (Å²) in [7, 11) is 0. The van der Waals surface area contributed by atoms with Gasteiger partial charge in [0, 0.05) is 22.9 Å². The van der Waals surface area contributed by atoms with Crippen molar-refractivity contribution in [3.63, 3.8) is 0 Å². The highest BCUT2D eigenvalue weighted by atomic mass is 35.5. The van der Waals surface area contributed by atoms with E-state index in [1.54, 1.807) is 0 Å². The SMILES string of the molecule is O=C(NC1CC1)N[C@H]1CCc2c(C(=O)Nc3ccc(F)c(Cl)c3)ccc(F)c21. The van der Waals surface area contributed by atoms with E-state index < -0.39 is 23.6 Å². The summed E-state index contributed by atoms with van der Waals surface area (Å²) < 4.78 is 27.8. The molecule has 2 aliphatic carbocycles. The smallest absolute Gasteiger partial charge is 0.315 e. The molecule has 0 aromatic heterocycles. The van der Waals surface area contributed by atoms with Gasteiger partial charge in [0.2, 0.25) is 0 Å². The van der Waals surface area contributed by atoms with Crippen molar-refractivity contribution in [3.8, 4) is 0 Å². The lowest BCUT2D eigenvalue weighted by molar-refractivity contribution is 0.102. The van der Waals surface area contributed by atoms with Crippen LogP contribution in [0.25, 0.3) is 0 Å². The molecule has 5 nitrogen and oxygen atoms in total. The first-order valence-electron chi connectivity index (χ1n) is 9.07. The summed E-state index contributed by atoms with van der Waals surface area (Å²) in [5, 5.41) is 8.16. The van der Waals surface area contributed by atoms with Crippen LogP contribution in [0, 0.1) is 11.6 Å². The number of hydrogen-bond acceptors (Lipinski definition) is 2. The zero-order valence-corrected chi connectivity index (χ0v) is 15.6. The fourth-order valence-corrected chi connectivity index (χ4v) is 3.64. The van der Waals surface area contributed by atoms with Crippen LogP contribution in [0.2, 0.25) is 5.02 Å². The minimum Gasteiger partial charge on any atom is -0.335 e. The summed E-state index contributed by atoms with van der Waals surface area (Å²) in [4.78, 5) is 24.7. The molecular formula is C20H18ClF2N3O2. The number of amides is 3. The molecule has 146 valence electrons. The van der Waals surface area contributed by atoms with Gasteiger partial charge < -0.3 is 16.0 Å². The Kier molecular flexibility index (Phi) is 4.93. The summed E-state index contributed by atoms with van der Waals surface area (Å²) in [6, 6.07) is 5.90. The average molecular weight is 406 g/mol. The third-order valence-corrected chi connectivity index (χ3v) is 5.26. The molecule has 0 saturated heterocycles. The van der Waals surface area contributed by atoms with Crippen molar-refractivity contribution >= 4 is 29.2 Å². The van der Waals surface area contributed by atoms with E-state index in [1.807, 2.05) is 0 Å². The maximum atomic E-state index is 14.5. The third kappa shape index (κ3) is 3.80. The number of benzene rings is 2. The summed E-state index contributed by atoms with van der Waals surface area (Å²) in [6.07, 6.45) is 2.90. The van der Waals surface area contributed by atoms with Gasteiger partial charge in [0.15, 0.2) is 0 Å². The number of anilines is 1. The van der Waals surface area contributed by atoms with E-state index in [0.29, 0.717) is 35.2 Å². The normalized spacial score (nSPS) is 17.8. The molecule has 8 heteroatoms. The highest BCUT2D eigenvalue weighted by Crippen LogP contribution is 2.36. The summed E-state index contributed by atoms with van der Waals surface area (Å²) in [6.45, 7) is 0. The van der Waals surface area contributed by atoms with Crippen LogP contribution in [0.4, 0.5) is 19.3 Å². The van der Waals surface area contributed by atoms with Crippen LogP contribution in [0.3, 0.4) is 0 Å². The van der Waals surface area contributed by atoms with Crippen LogP contribution in [0.5, 0.6) is 0 Å². The Bertz CT molecular complexity index is 963. The van der Waals surface area contributed by atoms with E-state index in [9.17, 15) is 18.4 Å². The lowest BCUT2D eigenvalue weighted by Crippen LogP contribution is -2.38. The molecule has 0 radical (unpaired) electrons. The zero-order chi connectivity index (χ0) is 19.8. The average Bonchev–Trinajstić information content (AvgIpc) is 3.36. The maximum absolute atomic E-state index is 14.5. The second-order valence-corrected chi connectivity index (χ2v) is 7.46. The Morgan fingerprint density at radius 2 is 1.75 bits per heavy atom. The molecule has 0 spiro atoms. The lowest BCUT2D eigenvalue weighted by atomic mass is 10.0. The highest BCUT2D eigenvalue weighted by molar-refractivity contribution is 6.31. The molecule has 1 saturated carbocycles. The van der Waals surface area contributed by atoms with Gasteiger partial charge in [0.25, 0.3) is 5.91 Å². The molecule has 3 amide bonds. The Labute approximate surface area is 165 Å². The highest BCUT2D eigenvalue weighted by Gasteiger charge is 2.32. The molecule has 2 aromatic carbocycles. The van der Waals surface area contributed by atoms with Gasteiger partial charge in [-0.1, -0.05) is 11.6 Å². The Hall–Kier alpha value is -2.67. The van der Waals surface area contributed by atoms with Gasteiger partial charge in [-0.3, -0.25) is 4.79 Å².